The van der Waals surface area contributed by atoms with Gasteiger partial charge in [-0.3, -0.25) is 9.59 Å². The number of hydrogen-bond donors (Lipinski definition) is 0. The fraction of sp³-hybridized carbons (Fsp3) is 0.400. The van der Waals surface area contributed by atoms with Crippen LogP contribution in [0.1, 0.15) is 50.8 Å². The molecule has 2 aliphatic heterocycles. The number of nitrogens with zero attached hydrogens (tertiary/aromatic N) is 2. The minimum absolute atomic E-state index is 0.0738. The van der Waals surface area contributed by atoms with Gasteiger partial charge in [-0.15, -0.1) is 11.3 Å². The Morgan fingerprint density at radius 3 is 2.71 bits per heavy atom. The summed E-state index contributed by atoms with van der Waals surface area (Å²) < 4.78 is 25.5. The Kier molecular flexibility index (Phi) is 8.09. The molecular formula is C30H33FN2O4S. The van der Waals surface area contributed by atoms with Gasteiger partial charge in [-0.2, -0.15) is 0 Å². The molecule has 0 N–H and O–H groups in total. The van der Waals surface area contributed by atoms with Crippen molar-refractivity contribution < 1.29 is 23.5 Å². The first-order valence-electron chi connectivity index (χ1n) is 13.1. The van der Waals surface area contributed by atoms with Gasteiger partial charge in [-0.1, -0.05) is 17.7 Å². The average Bonchev–Trinajstić information content (AvgIpc) is 3.60. The zero-order valence-electron chi connectivity index (χ0n) is 21.8. The molecule has 1 aromatic heterocycles. The van der Waals surface area contributed by atoms with Gasteiger partial charge in [-0.05, 0) is 86.0 Å². The Hall–Kier alpha value is -3.23. The van der Waals surface area contributed by atoms with Crippen LogP contribution in [-0.4, -0.2) is 60.6 Å². The summed E-state index contributed by atoms with van der Waals surface area (Å²) in [7, 11) is 0. The molecule has 5 rings (SSSR count). The SMILES string of the molecule is Cc1ccc(OCC2c3ccsc3CCN2C(=O)CN(CC2CCCO2)C(=O)c2ccc(F)cc2)c(C)c1. The third-order valence-corrected chi connectivity index (χ3v) is 8.29. The number of rotatable bonds is 8. The first kappa shape index (κ1) is 26.4. The maximum Gasteiger partial charge on any atom is 0.254 e. The predicted molar refractivity (Wildman–Crippen MR) is 145 cm³/mol. The topological polar surface area (TPSA) is 59.1 Å². The van der Waals surface area contributed by atoms with Gasteiger partial charge < -0.3 is 19.3 Å². The first-order valence-corrected chi connectivity index (χ1v) is 14.0. The normalized spacial score (nSPS) is 18.8. The van der Waals surface area contributed by atoms with Crippen molar-refractivity contribution in [1.82, 2.24) is 9.80 Å². The highest BCUT2D eigenvalue weighted by molar-refractivity contribution is 7.10. The summed E-state index contributed by atoms with van der Waals surface area (Å²) in [5.41, 5.74) is 3.68. The number of carbonyl (C=O) groups excluding carboxylic acids is 2. The van der Waals surface area contributed by atoms with Crippen LogP contribution < -0.4 is 4.74 Å². The van der Waals surface area contributed by atoms with E-state index in [1.807, 2.05) is 30.9 Å². The molecule has 3 heterocycles. The quantitative estimate of drug-likeness (QED) is 0.391. The molecule has 6 nitrogen and oxygen atoms in total. The molecule has 3 aromatic rings. The van der Waals surface area contributed by atoms with Crippen LogP contribution >= 0.6 is 11.3 Å². The van der Waals surface area contributed by atoms with Crippen LogP contribution in [0.3, 0.4) is 0 Å². The molecule has 0 aliphatic carbocycles. The molecule has 0 spiro atoms. The Labute approximate surface area is 227 Å². The van der Waals surface area contributed by atoms with E-state index in [-0.39, 0.29) is 30.5 Å². The summed E-state index contributed by atoms with van der Waals surface area (Å²) >= 11 is 1.70. The monoisotopic (exact) mass is 536 g/mol. The number of halogens is 1. The molecule has 2 amide bonds. The van der Waals surface area contributed by atoms with Crippen LogP contribution in [-0.2, 0) is 16.0 Å². The minimum Gasteiger partial charge on any atom is -0.491 e. The lowest BCUT2D eigenvalue weighted by atomic mass is 10.00. The Morgan fingerprint density at radius 1 is 1.16 bits per heavy atom. The maximum absolute atomic E-state index is 13.8. The molecule has 1 fully saturated rings. The van der Waals surface area contributed by atoms with Gasteiger partial charge in [0.05, 0.1) is 12.1 Å². The molecule has 38 heavy (non-hydrogen) atoms. The number of fused-ring (bicyclic) bond motifs is 1. The van der Waals surface area contributed by atoms with Gasteiger partial charge >= 0.3 is 0 Å². The standard InChI is InChI=1S/C30H33FN2O4S/c1-20-5-10-27(21(2)16-20)37-19-26-25-12-15-38-28(25)11-13-33(26)29(34)18-32(17-24-4-3-14-36-24)30(35)22-6-8-23(31)9-7-22/h5-10,12,15-16,24,26H,3-4,11,13-14,17-19H2,1-2H3. The highest BCUT2D eigenvalue weighted by atomic mass is 32.1. The molecule has 0 saturated carbocycles. The summed E-state index contributed by atoms with van der Waals surface area (Å²) in [4.78, 5) is 31.9. The Morgan fingerprint density at radius 2 is 1.97 bits per heavy atom. The van der Waals surface area contributed by atoms with E-state index in [1.165, 1.54) is 34.7 Å². The van der Waals surface area contributed by atoms with Crippen molar-refractivity contribution in [3.63, 3.8) is 0 Å². The summed E-state index contributed by atoms with van der Waals surface area (Å²) in [6.07, 6.45) is 2.44. The zero-order chi connectivity index (χ0) is 26.6. The molecule has 2 unspecified atom stereocenters. The molecular weight excluding hydrogens is 503 g/mol. The fourth-order valence-corrected chi connectivity index (χ4v) is 6.22. The smallest absolute Gasteiger partial charge is 0.254 e. The van der Waals surface area contributed by atoms with Gasteiger partial charge in [-0.25, -0.2) is 4.39 Å². The van der Waals surface area contributed by atoms with Crippen LogP contribution in [0.5, 0.6) is 5.75 Å². The lowest BCUT2D eigenvalue weighted by molar-refractivity contribution is -0.135. The third kappa shape index (κ3) is 5.92. The average molecular weight is 537 g/mol. The van der Waals surface area contributed by atoms with Crippen molar-refractivity contribution in [3.8, 4) is 5.75 Å². The van der Waals surface area contributed by atoms with Crippen molar-refractivity contribution in [2.75, 3.05) is 32.8 Å². The van der Waals surface area contributed by atoms with Crippen molar-refractivity contribution in [1.29, 1.82) is 0 Å². The number of carbonyl (C=O) groups is 2. The number of thiophene rings is 1. The zero-order valence-corrected chi connectivity index (χ0v) is 22.6. The van der Waals surface area contributed by atoms with Crippen molar-refractivity contribution >= 4 is 23.2 Å². The molecule has 2 aromatic carbocycles. The van der Waals surface area contributed by atoms with Crippen LogP contribution in [0.2, 0.25) is 0 Å². The molecule has 200 valence electrons. The predicted octanol–water partition coefficient (Wildman–Crippen LogP) is 5.33. The second kappa shape index (κ2) is 11.7. The number of hydrogen-bond acceptors (Lipinski definition) is 5. The van der Waals surface area contributed by atoms with E-state index in [2.05, 4.69) is 17.5 Å². The molecule has 2 atom stereocenters. The second-order valence-electron chi connectivity index (χ2n) is 10.1. The summed E-state index contributed by atoms with van der Waals surface area (Å²) in [5, 5.41) is 2.06. The highest BCUT2D eigenvalue weighted by Crippen LogP contribution is 2.34. The first-order chi connectivity index (χ1) is 18.4. The van der Waals surface area contributed by atoms with Crippen molar-refractivity contribution in [2.24, 2.45) is 0 Å². The van der Waals surface area contributed by atoms with E-state index in [4.69, 9.17) is 9.47 Å². The largest absolute Gasteiger partial charge is 0.491 e. The van der Waals surface area contributed by atoms with Crippen molar-refractivity contribution in [3.05, 3.63) is 86.9 Å². The van der Waals surface area contributed by atoms with Crippen LogP contribution in [0, 0.1) is 19.7 Å². The van der Waals surface area contributed by atoms with E-state index < -0.39 is 5.82 Å². The maximum atomic E-state index is 13.8. The summed E-state index contributed by atoms with van der Waals surface area (Å²) in [6.45, 7) is 5.86. The Balaban J connectivity index is 1.36. The Bertz CT molecular complexity index is 1290. The van der Waals surface area contributed by atoms with E-state index >= 15 is 0 Å². The van der Waals surface area contributed by atoms with Gasteiger partial charge in [0.15, 0.2) is 0 Å². The van der Waals surface area contributed by atoms with Gasteiger partial charge in [0.25, 0.3) is 5.91 Å². The van der Waals surface area contributed by atoms with Gasteiger partial charge in [0, 0.05) is 30.1 Å². The van der Waals surface area contributed by atoms with E-state index in [0.717, 1.165) is 36.1 Å². The number of ether oxygens (including phenoxy) is 2. The fourth-order valence-electron chi connectivity index (χ4n) is 5.29. The minimum atomic E-state index is -0.408. The van der Waals surface area contributed by atoms with Gasteiger partial charge in [0.1, 0.15) is 24.7 Å². The van der Waals surface area contributed by atoms with Crippen LogP contribution in [0.4, 0.5) is 4.39 Å². The molecule has 0 radical (unpaired) electrons. The van der Waals surface area contributed by atoms with Crippen LogP contribution in [0.25, 0.3) is 0 Å². The third-order valence-electron chi connectivity index (χ3n) is 7.29. The molecule has 8 heteroatoms. The van der Waals surface area contributed by atoms with E-state index in [0.29, 0.717) is 31.9 Å². The lowest BCUT2D eigenvalue weighted by Crippen LogP contribution is -2.49. The number of amides is 2. The lowest BCUT2D eigenvalue weighted by Gasteiger charge is -2.37. The molecule has 1 saturated heterocycles. The number of benzene rings is 2. The second-order valence-corrected chi connectivity index (χ2v) is 11.1. The number of aryl methyl sites for hydroxylation is 2. The molecule has 0 bridgehead atoms. The van der Waals surface area contributed by atoms with Crippen molar-refractivity contribution in [2.45, 2.75) is 45.3 Å². The van der Waals surface area contributed by atoms with Gasteiger partial charge in [0.2, 0.25) is 5.91 Å². The summed E-state index contributed by atoms with van der Waals surface area (Å²) in [5.74, 6) is -0.0404. The van der Waals surface area contributed by atoms with E-state index in [1.54, 1.807) is 16.2 Å². The van der Waals surface area contributed by atoms with E-state index in [9.17, 15) is 14.0 Å². The molecule has 2 aliphatic rings. The highest BCUT2D eigenvalue weighted by Gasteiger charge is 2.34. The van der Waals surface area contributed by atoms with Crippen LogP contribution in [0.15, 0.2) is 53.9 Å². The summed E-state index contributed by atoms with van der Waals surface area (Å²) in [6, 6.07) is 13.4.